The Labute approximate surface area is 139 Å². The fraction of sp³-hybridized carbons (Fsp3) is 0.211. The molecule has 4 nitrogen and oxygen atoms in total. The van der Waals surface area contributed by atoms with Crippen molar-refractivity contribution in [2.45, 2.75) is 6.54 Å². The number of amides is 1. The summed E-state index contributed by atoms with van der Waals surface area (Å²) in [5.74, 6) is -0.522. The van der Waals surface area contributed by atoms with Crippen molar-refractivity contribution in [2.24, 2.45) is 7.05 Å². The van der Waals surface area contributed by atoms with Crippen LogP contribution in [0.5, 0.6) is 0 Å². The third kappa shape index (κ3) is 3.16. The lowest BCUT2D eigenvalue weighted by Crippen LogP contribution is -2.34. The largest absolute Gasteiger partial charge is 0.395 e. The molecular weight excluding hydrogens is 307 g/mol. The molecule has 1 heterocycles. The van der Waals surface area contributed by atoms with Crippen LogP contribution in [-0.4, -0.2) is 33.6 Å². The fourth-order valence-corrected chi connectivity index (χ4v) is 2.85. The number of aliphatic hydroxyl groups excluding tert-OH is 1. The molecule has 0 atom stereocenters. The van der Waals surface area contributed by atoms with Gasteiger partial charge in [-0.15, -0.1) is 0 Å². The molecule has 1 N–H and O–H groups in total. The predicted molar refractivity (Wildman–Crippen MR) is 91.1 cm³/mol. The van der Waals surface area contributed by atoms with Gasteiger partial charge in [-0.05, 0) is 29.8 Å². The van der Waals surface area contributed by atoms with E-state index < -0.39 is 0 Å². The number of hydrogen-bond acceptors (Lipinski definition) is 2. The minimum absolute atomic E-state index is 0.114. The van der Waals surface area contributed by atoms with Crippen molar-refractivity contribution in [3.63, 3.8) is 0 Å². The molecule has 3 aromatic rings. The number of nitrogens with zero attached hydrogens (tertiary/aromatic N) is 2. The van der Waals surface area contributed by atoms with Crippen LogP contribution in [0.15, 0.2) is 54.6 Å². The zero-order valence-corrected chi connectivity index (χ0v) is 13.4. The average molecular weight is 326 g/mol. The Morgan fingerprint density at radius 3 is 2.62 bits per heavy atom. The van der Waals surface area contributed by atoms with E-state index in [1.54, 1.807) is 28.6 Å². The van der Waals surface area contributed by atoms with Crippen molar-refractivity contribution in [1.82, 2.24) is 9.47 Å². The lowest BCUT2D eigenvalue weighted by Gasteiger charge is -2.22. The first kappa shape index (κ1) is 16.2. The van der Waals surface area contributed by atoms with Gasteiger partial charge in [-0.25, -0.2) is 4.39 Å². The highest BCUT2D eigenvalue weighted by Crippen LogP contribution is 2.21. The van der Waals surface area contributed by atoms with Crippen molar-refractivity contribution in [3.8, 4) is 0 Å². The normalized spacial score (nSPS) is 11.0. The van der Waals surface area contributed by atoms with E-state index in [1.165, 1.54) is 12.1 Å². The number of aliphatic hydroxyl groups is 1. The summed E-state index contributed by atoms with van der Waals surface area (Å²) in [6.07, 6.45) is 0. The minimum atomic E-state index is -0.334. The van der Waals surface area contributed by atoms with Gasteiger partial charge in [0.25, 0.3) is 5.91 Å². The van der Waals surface area contributed by atoms with Gasteiger partial charge < -0.3 is 14.6 Å². The summed E-state index contributed by atoms with van der Waals surface area (Å²) in [4.78, 5) is 14.5. The Hall–Kier alpha value is -2.66. The maximum atomic E-state index is 13.5. The monoisotopic (exact) mass is 326 g/mol. The van der Waals surface area contributed by atoms with Crippen LogP contribution in [0.25, 0.3) is 10.9 Å². The fourth-order valence-electron chi connectivity index (χ4n) is 2.85. The Kier molecular flexibility index (Phi) is 4.62. The highest BCUT2D eigenvalue weighted by molar-refractivity contribution is 5.98. The van der Waals surface area contributed by atoms with Gasteiger partial charge in [0, 0.05) is 25.5 Å². The smallest absolute Gasteiger partial charge is 0.270 e. The summed E-state index contributed by atoms with van der Waals surface area (Å²) in [7, 11) is 1.74. The zero-order valence-electron chi connectivity index (χ0n) is 13.4. The second-order valence-corrected chi connectivity index (χ2v) is 5.73. The van der Waals surface area contributed by atoms with Crippen LogP contribution in [0.4, 0.5) is 4.39 Å². The highest BCUT2D eigenvalue weighted by atomic mass is 19.1. The molecule has 0 saturated heterocycles. The van der Waals surface area contributed by atoms with Crippen molar-refractivity contribution >= 4 is 16.8 Å². The molecule has 0 spiro atoms. The van der Waals surface area contributed by atoms with Crippen molar-refractivity contribution in [3.05, 3.63) is 71.7 Å². The van der Waals surface area contributed by atoms with Gasteiger partial charge in [0.1, 0.15) is 11.5 Å². The molecule has 1 amide bonds. The average Bonchev–Trinajstić information content (AvgIpc) is 2.91. The Bertz CT molecular complexity index is 858. The molecule has 124 valence electrons. The number of fused-ring (bicyclic) bond motifs is 1. The molecule has 0 aliphatic heterocycles. The van der Waals surface area contributed by atoms with E-state index in [0.717, 1.165) is 10.9 Å². The molecule has 24 heavy (non-hydrogen) atoms. The van der Waals surface area contributed by atoms with Crippen LogP contribution in [0.2, 0.25) is 0 Å². The molecule has 0 saturated carbocycles. The van der Waals surface area contributed by atoms with E-state index in [2.05, 4.69) is 0 Å². The quantitative estimate of drug-likeness (QED) is 0.783. The molecule has 3 rings (SSSR count). The number of halogens is 1. The number of aryl methyl sites for hydroxylation is 1. The van der Waals surface area contributed by atoms with E-state index >= 15 is 0 Å². The van der Waals surface area contributed by atoms with E-state index in [-0.39, 0.29) is 24.9 Å². The molecule has 5 heteroatoms. The first-order chi connectivity index (χ1) is 11.6. The molecule has 0 bridgehead atoms. The van der Waals surface area contributed by atoms with E-state index in [1.807, 2.05) is 30.3 Å². The maximum absolute atomic E-state index is 13.5. The topological polar surface area (TPSA) is 45.5 Å². The molecule has 0 aliphatic rings. The number of hydrogen-bond donors (Lipinski definition) is 1. The van der Waals surface area contributed by atoms with Crippen LogP contribution in [0.3, 0.4) is 0 Å². The zero-order chi connectivity index (χ0) is 17.1. The van der Waals surface area contributed by atoms with Crippen molar-refractivity contribution in [2.75, 3.05) is 13.2 Å². The molecule has 0 radical (unpaired) electrons. The maximum Gasteiger partial charge on any atom is 0.270 e. The number of carbonyl (C=O) groups excluding carboxylic acids is 1. The minimum Gasteiger partial charge on any atom is -0.395 e. The molecule has 1 aromatic heterocycles. The summed E-state index contributed by atoms with van der Waals surface area (Å²) < 4.78 is 15.1. The standard InChI is InChI=1S/C19H19FN2O2/c1-21-17-12-16(20)8-7-15(17)11-18(21)19(24)22(9-10-23)13-14-5-3-2-4-6-14/h2-8,11-12,23H,9-10,13H2,1H3. The van der Waals surface area contributed by atoms with Crippen LogP contribution < -0.4 is 0 Å². The lowest BCUT2D eigenvalue weighted by atomic mass is 10.2. The first-order valence-electron chi connectivity index (χ1n) is 7.79. The number of carbonyl (C=O) groups is 1. The Morgan fingerprint density at radius 2 is 1.92 bits per heavy atom. The van der Waals surface area contributed by atoms with E-state index in [9.17, 15) is 14.3 Å². The van der Waals surface area contributed by atoms with Gasteiger partial charge in [0.05, 0.1) is 12.1 Å². The number of rotatable bonds is 5. The summed E-state index contributed by atoms with van der Waals surface area (Å²) >= 11 is 0. The summed E-state index contributed by atoms with van der Waals surface area (Å²) in [6, 6.07) is 15.8. The Balaban J connectivity index is 1.94. The molecule has 2 aromatic carbocycles. The molecule has 0 unspecified atom stereocenters. The molecular formula is C19H19FN2O2. The lowest BCUT2D eigenvalue weighted by molar-refractivity contribution is 0.0698. The number of aromatic nitrogens is 1. The van der Waals surface area contributed by atoms with Crippen molar-refractivity contribution in [1.29, 1.82) is 0 Å². The van der Waals surface area contributed by atoms with E-state index in [0.29, 0.717) is 17.8 Å². The van der Waals surface area contributed by atoms with Gasteiger partial charge in [-0.2, -0.15) is 0 Å². The van der Waals surface area contributed by atoms with E-state index in [4.69, 9.17) is 0 Å². The van der Waals surface area contributed by atoms with Gasteiger partial charge in [-0.1, -0.05) is 30.3 Å². The number of benzene rings is 2. The summed E-state index contributed by atoms with van der Waals surface area (Å²) in [5, 5.41) is 10.1. The van der Waals surface area contributed by atoms with Crippen LogP contribution in [-0.2, 0) is 13.6 Å². The second-order valence-electron chi connectivity index (χ2n) is 5.73. The van der Waals surface area contributed by atoms with Crippen LogP contribution in [0, 0.1) is 5.82 Å². The van der Waals surface area contributed by atoms with Crippen molar-refractivity contribution < 1.29 is 14.3 Å². The first-order valence-corrected chi connectivity index (χ1v) is 7.79. The summed E-state index contributed by atoms with van der Waals surface area (Å²) in [6.45, 7) is 0.539. The van der Waals surface area contributed by atoms with Crippen LogP contribution >= 0.6 is 0 Å². The third-order valence-corrected chi connectivity index (χ3v) is 4.10. The highest BCUT2D eigenvalue weighted by Gasteiger charge is 2.20. The second kappa shape index (κ2) is 6.84. The van der Waals surface area contributed by atoms with Gasteiger partial charge in [0.2, 0.25) is 0 Å². The third-order valence-electron chi connectivity index (χ3n) is 4.10. The van der Waals surface area contributed by atoms with Gasteiger partial charge in [-0.3, -0.25) is 4.79 Å². The summed E-state index contributed by atoms with van der Waals surface area (Å²) in [5.41, 5.74) is 2.13. The van der Waals surface area contributed by atoms with Gasteiger partial charge >= 0.3 is 0 Å². The van der Waals surface area contributed by atoms with Crippen LogP contribution in [0.1, 0.15) is 16.1 Å². The predicted octanol–water partition coefficient (Wildman–Crippen LogP) is 2.95. The molecule has 0 fully saturated rings. The molecule has 0 aliphatic carbocycles. The SMILES string of the molecule is Cn1c(C(=O)N(CCO)Cc2ccccc2)cc2ccc(F)cc21. The van der Waals surface area contributed by atoms with Gasteiger partial charge in [0.15, 0.2) is 0 Å². The Morgan fingerprint density at radius 1 is 1.17 bits per heavy atom.